The zero-order chi connectivity index (χ0) is 13.2. The number of ether oxygens (including phenoxy) is 1. The lowest BCUT2D eigenvalue weighted by Gasteiger charge is -2.12. The second-order valence-electron chi connectivity index (χ2n) is 4.52. The zero-order valence-corrected chi connectivity index (χ0v) is 12.3. The maximum Gasteiger partial charge on any atom is 0.0470 e. The number of thioether (sulfide) groups is 1. The summed E-state index contributed by atoms with van der Waals surface area (Å²) in [6.07, 6.45) is 3.45. The fraction of sp³-hybridized carbons (Fsp3) is 0.600. The molecule has 1 aromatic rings. The monoisotopic (exact) mass is 267 g/mol. The van der Waals surface area contributed by atoms with E-state index >= 15 is 0 Å². The van der Waals surface area contributed by atoms with Crippen molar-refractivity contribution in [3.8, 4) is 0 Å². The van der Waals surface area contributed by atoms with Crippen LogP contribution in [0, 0.1) is 0 Å². The highest BCUT2D eigenvalue weighted by Gasteiger charge is 2.05. The van der Waals surface area contributed by atoms with E-state index in [1.165, 1.54) is 17.5 Å². The molecule has 0 aromatic heterocycles. The number of hydrogen-bond acceptors (Lipinski definition) is 3. The second-order valence-corrected chi connectivity index (χ2v) is 5.67. The first-order valence-corrected chi connectivity index (χ1v) is 7.84. The van der Waals surface area contributed by atoms with Crippen LogP contribution < -0.4 is 5.73 Å². The smallest absolute Gasteiger partial charge is 0.0470 e. The molecule has 2 N–H and O–H groups in total. The van der Waals surface area contributed by atoms with Crippen molar-refractivity contribution in [1.29, 1.82) is 0 Å². The van der Waals surface area contributed by atoms with Crippen molar-refractivity contribution in [1.82, 2.24) is 0 Å². The molecule has 2 nitrogen and oxygen atoms in total. The second kappa shape index (κ2) is 9.42. The molecule has 1 unspecified atom stereocenters. The van der Waals surface area contributed by atoms with Crippen LogP contribution >= 0.6 is 11.8 Å². The Balaban J connectivity index is 2.30. The standard InChI is InChI=1S/C15H25NOS/c1-3-5-13-6-8-14(9-7-13)15(16)12-18-11-4-10-17-2/h6-9,15H,3-5,10-12,16H2,1-2H3. The Bertz CT molecular complexity index is 313. The van der Waals surface area contributed by atoms with Crippen LogP contribution in [0.4, 0.5) is 0 Å². The molecule has 1 rings (SSSR count). The number of nitrogens with two attached hydrogens (primary N) is 1. The van der Waals surface area contributed by atoms with E-state index < -0.39 is 0 Å². The van der Waals surface area contributed by atoms with Crippen LogP contribution in [0.2, 0.25) is 0 Å². The summed E-state index contributed by atoms with van der Waals surface area (Å²) in [5, 5.41) is 0. The minimum Gasteiger partial charge on any atom is -0.385 e. The summed E-state index contributed by atoms with van der Waals surface area (Å²) >= 11 is 1.91. The largest absolute Gasteiger partial charge is 0.385 e. The van der Waals surface area contributed by atoms with E-state index in [0.717, 1.165) is 31.0 Å². The molecule has 3 heteroatoms. The molecule has 0 bridgehead atoms. The van der Waals surface area contributed by atoms with E-state index in [-0.39, 0.29) is 6.04 Å². The maximum atomic E-state index is 6.18. The van der Waals surface area contributed by atoms with Crippen molar-refractivity contribution >= 4 is 11.8 Å². The fourth-order valence-corrected chi connectivity index (χ4v) is 2.77. The molecule has 0 amide bonds. The molecular formula is C15H25NOS. The van der Waals surface area contributed by atoms with E-state index in [1.807, 2.05) is 11.8 Å². The van der Waals surface area contributed by atoms with Crippen LogP contribution in [0.3, 0.4) is 0 Å². The normalized spacial score (nSPS) is 12.6. The number of benzene rings is 1. The molecule has 18 heavy (non-hydrogen) atoms. The van der Waals surface area contributed by atoms with Gasteiger partial charge in [-0.2, -0.15) is 11.8 Å². The molecule has 0 aliphatic rings. The van der Waals surface area contributed by atoms with Gasteiger partial charge in [0.1, 0.15) is 0 Å². The van der Waals surface area contributed by atoms with E-state index in [1.54, 1.807) is 7.11 Å². The highest BCUT2D eigenvalue weighted by Crippen LogP contribution is 2.17. The number of methoxy groups -OCH3 is 1. The Morgan fingerprint density at radius 1 is 1.28 bits per heavy atom. The van der Waals surface area contributed by atoms with Crippen molar-refractivity contribution < 1.29 is 4.74 Å². The molecule has 0 fully saturated rings. The number of hydrogen-bond donors (Lipinski definition) is 1. The minimum atomic E-state index is 0.147. The van der Waals surface area contributed by atoms with E-state index in [2.05, 4.69) is 31.2 Å². The summed E-state index contributed by atoms with van der Waals surface area (Å²) < 4.78 is 5.03. The Morgan fingerprint density at radius 3 is 2.61 bits per heavy atom. The van der Waals surface area contributed by atoms with Crippen molar-refractivity contribution in [2.24, 2.45) is 5.73 Å². The van der Waals surface area contributed by atoms with Gasteiger partial charge in [0.15, 0.2) is 0 Å². The fourth-order valence-electron chi connectivity index (χ4n) is 1.83. The summed E-state index contributed by atoms with van der Waals surface area (Å²) in [4.78, 5) is 0. The van der Waals surface area contributed by atoms with Crippen LogP contribution in [0.1, 0.15) is 36.9 Å². The maximum absolute atomic E-state index is 6.18. The molecule has 0 aliphatic carbocycles. The third kappa shape index (κ3) is 5.89. The molecule has 0 spiro atoms. The predicted molar refractivity (Wildman–Crippen MR) is 81.2 cm³/mol. The van der Waals surface area contributed by atoms with E-state index in [0.29, 0.717) is 0 Å². The van der Waals surface area contributed by atoms with Gasteiger partial charge in [-0.05, 0) is 29.7 Å². The first-order valence-electron chi connectivity index (χ1n) is 6.69. The van der Waals surface area contributed by atoms with Gasteiger partial charge in [0, 0.05) is 25.5 Å². The van der Waals surface area contributed by atoms with E-state index in [4.69, 9.17) is 10.5 Å². The first-order chi connectivity index (χ1) is 8.77. The Morgan fingerprint density at radius 2 is 2.00 bits per heavy atom. The van der Waals surface area contributed by atoms with Crippen LogP contribution in [0.5, 0.6) is 0 Å². The molecule has 0 heterocycles. The summed E-state index contributed by atoms with van der Waals surface area (Å²) in [7, 11) is 1.74. The Hall–Kier alpha value is -0.510. The van der Waals surface area contributed by atoms with Gasteiger partial charge in [-0.25, -0.2) is 0 Å². The highest BCUT2D eigenvalue weighted by molar-refractivity contribution is 7.99. The molecule has 0 radical (unpaired) electrons. The third-order valence-electron chi connectivity index (χ3n) is 2.88. The van der Waals surface area contributed by atoms with Gasteiger partial charge < -0.3 is 10.5 Å². The summed E-state index contributed by atoms with van der Waals surface area (Å²) in [5.74, 6) is 2.10. The van der Waals surface area contributed by atoms with Crippen LogP contribution in [-0.4, -0.2) is 25.2 Å². The molecule has 102 valence electrons. The highest BCUT2D eigenvalue weighted by atomic mass is 32.2. The predicted octanol–water partition coefficient (Wildman–Crippen LogP) is 3.41. The van der Waals surface area contributed by atoms with E-state index in [9.17, 15) is 0 Å². The van der Waals surface area contributed by atoms with Gasteiger partial charge in [-0.1, -0.05) is 37.6 Å². The first kappa shape index (κ1) is 15.5. The van der Waals surface area contributed by atoms with Crippen LogP contribution in [0.25, 0.3) is 0 Å². The van der Waals surface area contributed by atoms with Crippen molar-refractivity contribution in [3.63, 3.8) is 0 Å². The molecule has 1 atom stereocenters. The van der Waals surface area contributed by atoms with Gasteiger partial charge in [-0.15, -0.1) is 0 Å². The summed E-state index contributed by atoms with van der Waals surface area (Å²) in [6, 6.07) is 8.90. The topological polar surface area (TPSA) is 35.2 Å². The van der Waals surface area contributed by atoms with Gasteiger partial charge >= 0.3 is 0 Å². The number of aryl methyl sites for hydroxylation is 1. The van der Waals surface area contributed by atoms with Crippen molar-refractivity contribution in [2.45, 2.75) is 32.2 Å². The quantitative estimate of drug-likeness (QED) is 0.696. The summed E-state index contributed by atoms with van der Waals surface area (Å²) in [5.41, 5.74) is 8.83. The third-order valence-corrected chi connectivity index (χ3v) is 4.05. The van der Waals surface area contributed by atoms with Gasteiger partial charge in [-0.3, -0.25) is 0 Å². The van der Waals surface area contributed by atoms with Crippen molar-refractivity contribution in [2.75, 3.05) is 25.2 Å². The molecule has 0 saturated carbocycles. The lowest BCUT2D eigenvalue weighted by Crippen LogP contribution is -2.13. The zero-order valence-electron chi connectivity index (χ0n) is 11.5. The summed E-state index contributed by atoms with van der Waals surface area (Å²) in [6.45, 7) is 3.05. The lowest BCUT2D eigenvalue weighted by atomic mass is 10.0. The van der Waals surface area contributed by atoms with Gasteiger partial charge in [0.2, 0.25) is 0 Å². The number of rotatable bonds is 9. The van der Waals surface area contributed by atoms with Crippen molar-refractivity contribution in [3.05, 3.63) is 35.4 Å². The molecular weight excluding hydrogens is 242 g/mol. The van der Waals surface area contributed by atoms with Gasteiger partial charge in [0.05, 0.1) is 0 Å². The van der Waals surface area contributed by atoms with Crippen LogP contribution in [-0.2, 0) is 11.2 Å². The Labute approximate surface area is 115 Å². The Kier molecular flexibility index (Phi) is 8.14. The lowest BCUT2D eigenvalue weighted by molar-refractivity contribution is 0.200. The van der Waals surface area contributed by atoms with Gasteiger partial charge in [0.25, 0.3) is 0 Å². The average molecular weight is 267 g/mol. The SMILES string of the molecule is CCCc1ccc(C(N)CSCCCOC)cc1. The average Bonchev–Trinajstić information content (AvgIpc) is 2.39. The molecule has 0 saturated heterocycles. The van der Waals surface area contributed by atoms with Crippen LogP contribution in [0.15, 0.2) is 24.3 Å². The molecule has 1 aromatic carbocycles. The molecule has 0 aliphatic heterocycles. The minimum absolute atomic E-state index is 0.147.